The standard InChI is InChI=1S/C21H25FN4O3/c22-17-5-3-16(4-6-17)15-26-12-10-24-9-11-25(8-7-19(24)20(26)27)21(28)23-14-18-2-1-13-29-18/h1-6,13,19H,7-12,14-15H2,(H,23,28). The lowest BCUT2D eigenvalue weighted by Gasteiger charge is -2.39. The molecule has 1 aromatic carbocycles. The van der Waals surface area contributed by atoms with Crippen LogP contribution in [0.3, 0.4) is 0 Å². The van der Waals surface area contributed by atoms with Crippen LogP contribution >= 0.6 is 0 Å². The zero-order valence-corrected chi connectivity index (χ0v) is 16.2. The van der Waals surface area contributed by atoms with E-state index in [2.05, 4.69) is 10.2 Å². The van der Waals surface area contributed by atoms with Crippen molar-refractivity contribution in [3.05, 3.63) is 59.8 Å². The highest BCUT2D eigenvalue weighted by Crippen LogP contribution is 2.20. The second kappa shape index (κ2) is 8.65. The first-order valence-electron chi connectivity index (χ1n) is 9.92. The number of piperazine rings is 1. The molecule has 154 valence electrons. The molecule has 2 aliphatic rings. The van der Waals surface area contributed by atoms with Crippen LogP contribution < -0.4 is 5.32 Å². The molecule has 1 unspecified atom stereocenters. The minimum Gasteiger partial charge on any atom is -0.467 e. The van der Waals surface area contributed by atoms with Crippen molar-refractivity contribution < 1.29 is 18.4 Å². The van der Waals surface area contributed by atoms with E-state index in [9.17, 15) is 14.0 Å². The number of nitrogens with one attached hydrogen (secondary N) is 1. The number of fused-ring (bicyclic) bond motifs is 1. The number of nitrogens with zero attached hydrogens (tertiary/aromatic N) is 3. The molecule has 1 aromatic heterocycles. The summed E-state index contributed by atoms with van der Waals surface area (Å²) in [5.41, 5.74) is 0.917. The summed E-state index contributed by atoms with van der Waals surface area (Å²) in [6, 6.07) is 9.51. The SMILES string of the molecule is O=C(NCc1ccco1)N1CCC2C(=O)N(Cc3ccc(F)cc3)CCN2CC1. The first kappa shape index (κ1) is 19.4. The van der Waals surface area contributed by atoms with Gasteiger partial charge in [0.2, 0.25) is 5.91 Å². The van der Waals surface area contributed by atoms with E-state index in [1.807, 2.05) is 11.0 Å². The summed E-state index contributed by atoms with van der Waals surface area (Å²) in [4.78, 5) is 31.3. The molecule has 0 aliphatic carbocycles. The molecule has 2 aromatic rings. The van der Waals surface area contributed by atoms with E-state index in [1.165, 1.54) is 12.1 Å². The van der Waals surface area contributed by atoms with Crippen LogP contribution in [-0.4, -0.2) is 65.4 Å². The maximum absolute atomic E-state index is 13.1. The number of urea groups is 1. The van der Waals surface area contributed by atoms with Crippen LogP contribution in [0.2, 0.25) is 0 Å². The van der Waals surface area contributed by atoms with Gasteiger partial charge in [-0.25, -0.2) is 9.18 Å². The van der Waals surface area contributed by atoms with E-state index in [4.69, 9.17) is 4.42 Å². The Labute approximate surface area is 169 Å². The molecule has 1 N–H and O–H groups in total. The Morgan fingerprint density at radius 3 is 2.66 bits per heavy atom. The van der Waals surface area contributed by atoms with Crippen molar-refractivity contribution in [2.75, 3.05) is 32.7 Å². The van der Waals surface area contributed by atoms with Gasteiger partial charge < -0.3 is 19.5 Å². The van der Waals surface area contributed by atoms with Gasteiger partial charge in [0.25, 0.3) is 0 Å². The Hall–Kier alpha value is -2.87. The van der Waals surface area contributed by atoms with Crippen LogP contribution in [0.15, 0.2) is 47.1 Å². The molecule has 29 heavy (non-hydrogen) atoms. The van der Waals surface area contributed by atoms with E-state index in [0.29, 0.717) is 51.4 Å². The minimum atomic E-state index is -0.279. The summed E-state index contributed by atoms with van der Waals surface area (Å²) >= 11 is 0. The number of rotatable bonds is 4. The summed E-state index contributed by atoms with van der Waals surface area (Å²) in [6.45, 7) is 4.04. The summed E-state index contributed by atoms with van der Waals surface area (Å²) in [5.74, 6) is 0.509. The Morgan fingerprint density at radius 2 is 1.90 bits per heavy atom. The molecule has 0 radical (unpaired) electrons. The minimum absolute atomic E-state index is 0.0819. The fourth-order valence-corrected chi connectivity index (χ4v) is 3.95. The topological polar surface area (TPSA) is 69.0 Å². The molecule has 2 aliphatic heterocycles. The summed E-state index contributed by atoms with van der Waals surface area (Å²) in [7, 11) is 0. The molecule has 2 fully saturated rings. The predicted molar refractivity (Wildman–Crippen MR) is 104 cm³/mol. The van der Waals surface area contributed by atoms with E-state index in [0.717, 1.165) is 12.1 Å². The van der Waals surface area contributed by atoms with E-state index >= 15 is 0 Å². The zero-order valence-electron chi connectivity index (χ0n) is 16.2. The summed E-state index contributed by atoms with van der Waals surface area (Å²) in [5, 5.41) is 2.87. The van der Waals surface area contributed by atoms with Crippen LogP contribution in [0, 0.1) is 5.82 Å². The molecule has 0 spiro atoms. The van der Waals surface area contributed by atoms with Crippen molar-refractivity contribution >= 4 is 11.9 Å². The van der Waals surface area contributed by atoms with Gasteiger partial charge in [-0.1, -0.05) is 12.1 Å². The molecular formula is C21H25FN4O3. The van der Waals surface area contributed by atoms with E-state index in [1.54, 1.807) is 29.4 Å². The molecule has 3 amide bonds. The predicted octanol–water partition coefficient (Wildman–Crippen LogP) is 2.05. The van der Waals surface area contributed by atoms with Crippen molar-refractivity contribution in [2.24, 2.45) is 0 Å². The van der Waals surface area contributed by atoms with Crippen molar-refractivity contribution in [3.8, 4) is 0 Å². The Kier molecular flexibility index (Phi) is 5.80. The lowest BCUT2D eigenvalue weighted by molar-refractivity contribution is -0.142. The van der Waals surface area contributed by atoms with Crippen LogP contribution in [-0.2, 0) is 17.9 Å². The zero-order chi connectivity index (χ0) is 20.2. The maximum Gasteiger partial charge on any atom is 0.317 e. The molecule has 0 bridgehead atoms. The second-order valence-corrected chi connectivity index (χ2v) is 7.45. The third-order valence-electron chi connectivity index (χ3n) is 5.59. The summed E-state index contributed by atoms with van der Waals surface area (Å²) in [6.07, 6.45) is 2.18. The maximum atomic E-state index is 13.1. The van der Waals surface area contributed by atoms with Gasteiger partial charge in [0.1, 0.15) is 11.6 Å². The van der Waals surface area contributed by atoms with Crippen molar-refractivity contribution in [1.29, 1.82) is 0 Å². The first-order valence-corrected chi connectivity index (χ1v) is 9.92. The number of furan rings is 1. The van der Waals surface area contributed by atoms with Crippen molar-refractivity contribution in [2.45, 2.75) is 25.6 Å². The van der Waals surface area contributed by atoms with Gasteiger partial charge in [0, 0.05) is 39.3 Å². The highest BCUT2D eigenvalue weighted by Gasteiger charge is 2.37. The highest BCUT2D eigenvalue weighted by molar-refractivity contribution is 5.83. The largest absolute Gasteiger partial charge is 0.467 e. The molecule has 7 nitrogen and oxygen atoms in total. The van der Waals surface area contributed by atoms with Gasteiger partial charge in [-0.3, -0.25) is 9.69 Å². The second-order valence-electron chi connectivity index (χ2n) is 7.45. The van der Waals surface area contributed by atoms with Gasteiger partial charge in [-0.15, -0.1) is 0 Å². The number of amides is 3. The van der Waals surface area contributed by atoms with E-state index in [-0.39, 0.29) is 23.8 Å². The van der Waals surface area contributed by atoms with Crippen LogP contribution in [0.5, 0.6) is 0 Å². The normalized spacial score (nSPS) is 20.3. The lowest BCUT2D eigenvalue weighted by atomic mass is 10.1. The van der Waals surface area contributed by atoms with Gasteiger partial charge in [-0.05, 0) is 36.2 Å². The summed E-state index contributed by atoms with van der Waals surface area (Å²) < 4.78 is 18.4. The number of halogens is 1. The first-order chi connectivity index (χ1) is 14.1. The van der Waals surface area contributed by atoms with Gasteiger partial charge in [0.05, 0.1) is 18.8 Å². The third kappa shape index (κ3) is 4.59. The van der Waals surface area contributed by atoms with Gasteiger partial charge >= 0.3 is 6.03 Å². The fraction of sp³-hybridized carbons (Fsp3) is 0.429. The van der Waals surface area contributed by atoms with Crippen LogP contribution in [0.1, 0.15) is 17.7 Å². The molecular weight excluding hydrogens is 375 g/mol. The monoisotopic (exact) mass is 400 g/mol. The number of hydrogen-bond acceptors (Lipinski definition) is 4. The Bertz CT molecular complexity index is 840. The van der Waals surface area contributed by atoms with Crippen molar-refractivity contribution in [1.82, 2.24) is 20.0 Å². The molecule has 0 saturated carbocycles. The van der Waals surface area contributed by atoms with E-state index < -0.39 is 0 Å². The molecule has 1 atom stereocenters. The number of carbonyl (C=O) groups is 2. The molecule has 2 saturated heterocycles. The highest BCUT2D eigenvalue weighted by atomic mass is 19.1. The average molecular weight is 400 g/mol. The quantitative estimate of drug-likeness (QED) is 0.853. The van der Waals surface area contributed by atoms with Crippen LogP contribution in [0.4, 0.5) is 9.18 Å². The Balaban J connectivity index is 1.33. The fourth-order valence-electron chi connectivity index (χ4n) is 3.95. The van der Waals surface area contributed by atoms with Gasteiger partial charge in [-0.2, -0.15) is 0 Å². The smallest absolute Gasteiger partial charge is 0.317 e. The van der Waals surface area contributed by atoms with Crippen molar-refractivity contribution in [3.63, 3.8) is 0 Å². The molecule has 4 rings (SSSR count). The third-order valence-corrected chi connectivity index (χ3v) is 5.59. The molecule has 8 heteroatoms. The number of benzene rings is 1. The van der Waals surface area contributed by atoms with Gasteiger partial charge in [0.15, 0.2) is 0 Å². The average Bonchev–Trinajstić information content (AvgIpc) is 3.15. The Morgan fingerprint density at radius 1 is 1.10 bits per heavy atom. The number of carbonyl (C=O) groups excluding carboxylic acids is 2. The van der Waals surface area contributed by atoms with Crippen LogP contribution in [0.25, 0.3) is 0 Å². The lowest BCUT2D eigenvalue weighted by Crippen LogP contribution is -2.56. The number of hydrogen-bond donors (Lipinski definition) is 1. The molecule has 3 heterocycles.